The van der Waals surface area contributed by atoms with Crippen molar-refractivity contribution in [3.05, 3.63) is 29.7 Å². The first-order valence-electron chi connectivity index (χ1n) is 12.2. The van der Waals surface area contributed by atoms with Gasteiger partial charge in [0.1, 0.15) is 17.9 Å². The molecule has 2 atom stereocenters. The van der Waals surface area contributed by atoms with Gasteiger partial charge in [-0.25, -0.2) is 4.39 Å². The lowest BCUT2D eigenvalue weighted by Gasteiger charge is -2.35. The van der Waals surface area contributed by atoms with E-state index in [4.69, 9.17) is 10.3 Å². The molecular formula is C24H31FN6O5. The van der Waals surface area contributed by atoms with Crippen LogP contribution in [0.5, 0.6) is 0 Å². The van der Waals surface area contributed by atoms with Crippen molar-refractivity contribution < 1.29 is 28.1 Å². The Balaban J connectivity index is 1.32. The van der Waals surface area contributed by atoms with Crippen LogP contribution in [0.2, 0.25) is 0 Å². The third-order valence-electron chi connectivity index (χ3n) is 6.86. The Kier molecular flexibility index (Phi) is 7.82. The van der Waals surface area contributed by atoms with Crippen molar-refractivity contribution in [2.75, 3.05) is 32.7 Å². The van der Waals surface area contributed by atoms with Crippen molar-refractivity contribution in [3.8, 4) is 0 Å². The fourth-order valence-corrected chi connectivity index (χ4v) is 4.95. The summed E-state index contributed by atoms with van der Waals surface area (Å²) in [5.74, 6) is -1.69. The maximum atomic E-state index is 13.5. The van der Waals surface area contributed by atoms with Gasteiger partial charge in [-0.3, -0.25) is 19.2 Å². The molecule has 0 saturated carbocycles. The highest BCUT2D eigenvalue weighted by Crippen LogP contribution is 2.33. The molecule has 0 spiro atoms. The van der Waals surface area contributed by atoms with Crippen LogP contribution in [-0.4, -0.2) is 83.4 Å². The van der Waals surface area contributed by atoms with Crippen molar-refractivity contribution in [1.29, 1.82) is 0 Å². The molecule has 194 valence electrons. The molecule has 4 rings (SSSR count). The molecule has 4 N–H and O–H groups in total. The molecule has 4 amide bonds. The van der Waals surface area contributed by atoms with E-state index in [1.54, 1.807) is 17.9 Å². The van der Waals surface area contributed by atoms with Gasteiger partial charge in [-0.05, 0) is 44.7 Å². The smallest absolute Gasteiger partial charge is 0.245 e. The van der Waals surface area contributed by atoms with Gasteiger partial charge in [0.15, 0.2) is 5.58 Å². The summed E-state index contributed by atoms with van der Waals surface area (Å²) in [6.07, 6.45) is 2.64. The van der Waals surface area contributed by atoms with Gasteiger partial charge in [0.05, 0.1) is 18.8 Å². The predicted molar refractivity (Wildman–Crippen MR) is 127 cm³/mol. The number of likely N-dealkylation sites (tertiary alicyclic amines) is 2. The average molecular weight is 503 g/mol. The number of amides is 4. The molecule has 2 fully saturated rings. The quantitative estimate of drug-likeness (QED) is 0.491. The monoisotopic (exact) mass is 502 g/mol. The van der Waals surface area contributed by atoms with Crippen LogP contribution in [0, 0.1) is 5.82 Å². The van der Waals surface area contributed by atoms with Gasteiger partial charge in [0.2, 0.25) is 23.6 Å². The van der Waals surface area contributed by atoms with Gasteiger partial charge in [-0.15, -0.1) is 0 Å². The summed E-state index contributed by atoms with van der Waals surface area (Å²) in [5.41, 5.74) is 6.38. The van der Waals surface area contributed by atoms with E-state index in [-0.39, 0.29) is 36.6 Å². The Hall–Kier alpha value is -3.54. The van der Waals surface area contributed by atoms with Crippen LogP contribution in [0.4, 0.5) is 4.39 Å². The van der Waals surface area contributed by atoms with E-state index in [9.17, 15) is 23.6 Å². The molecule has 1 aromatic carbocycles. The lowest BCUT2D eigenvalue weighted by Crippen LogP contribution is -2.54. The highest BCUT2D eigenvalue weighted by Gasteiger charge is 2.39. The standard InChI is InChI=1S/C24H31FN6O5/c1-14(28-21(33)13-27-20(32)12-26)23(34)31-8-2-3-18(31)24(35)30-9-6-15(7-10-30)22-17-5-4-16(25)11-19(17)36-29-22/h4-5,11,14-15,18H,2-3,6-10,12-13,26H2,1H3,(H,27,32)(H,28,33)/t14-,18-/m0/s1. The minimum Gasteiger partial charge on any atom is -0.356 e. The fourth-order valence-electron chi connectivity index (χ4n) is 4.95. The Labute approximate surface area is 207 Å². The summed E-state index contributed by atoms with van der Waals surface area (Å²) in [6, 6.07) is 2.96. The number of nitrogens with two attached hydrogens (primary N) is 1. The van der Waals surface area contributed by atoms with E-state index in [1.165, 1.54) is 17.0 Å². The Morgan fingerprint density at radius 2 is 1.92 bits per heavy atom. The number of carbonyl (C=O) groups excluding carboxylic acids is 4. The van der Waals surface area contributed by atoms with Gasteiger partial charge in [0.25, 0.3) is 0 Å². The van der Waals surface area contributed by atoms with Crippen LogP contribution in [-0.2, 0) is 19.2 Å². The van der Waals surface area contributed by atoms with E-state index in [2.05, 4.69) is 15.8 Å². The predicted octanol–water partition coefficient (Wildman–Crippen LogP) is 0.244. The maximum absolute atomic E-state index is 13.5. The summed E-state index contributed by atoms with van der Waals surface area (Å²) in [7, 11) is 0. The number of halogens is 1. The third-order valence-corrected chi connectivity index (χ3v) is 6.86. The highest BCUT2D eigenvalue weighted by atomic mass is 19.1. The molecule has 2 aliphatic rings. The third kappa shape index (κ3) is 5.48. The SMILES string of the molecule is C[C@H](NC(=O)CNC(=O)CN)C(=O)N1CCC[C@H]1C(=O)N1CCC(c2noc3cc(F)ccc23)CC1. The van der Waals surface area contributed by atoms with E-state index < -0.39 is 23.9 Å². The molecule has 2 aliphatic heterocycles. The van der Waals surface area contributed by atoms with Crippen molar-refractivity contribution >= 4 is 34.6 Å². The average Bonchev–Trinajstić information content (AvgIpc) is 3.53. The summed E-state index contributed by atoms with van der Waals surface area (Å²) >= 11 is 0. The van der Waals surface area contributed by atoms with Crippen LogP contribution in [0.25, 0.3) is 11.0 Å². The molecule has 0 bridgehead atoms. The summed E-state index contributed by atoms with van der Waals surface area (Å²) < 4.78 is 18.7. The highest BCUT2D eigenvalue weighted by molar-refractivity contribution is 5.93. The first-order chi connectivity index (χ1) is 17.3. The van der Waals surface area contributed by atoms with E-state index in [1.807, 2.05) is 0 Å². The minimum absolute atomic E-state index is 0.0945. The second kappa shape index (κ2) is 11.0. The van der Waals surface area contributed by atoms with Crippen molar-refractivity contribution in [2.45, 2.75) is 50.6 Å². The number of nitrogens with zero attached hydrogens (tertiary/aromatic N) is 3. The molecule has 0 unspecified atom stereocenters. The van der Waals surface area contributed by atoms with Crippen LogP contribution >= 0.6 is 0 Å². The lowest BCUT2D eigenvalue weighted by atomic mass is 9.91. The molecule has 0 aliphatic carbocycles. The number of carbonyl (C=O) groups is 4. The molecule has 3 heterocycles. The summed E-state index contributed by atoms with van der Waals surface area (Å²) in [4.78, 5) is 52.9. The lowest BCUT2D eigenvalue weighted by molar-refractivity contribution is -0.145. The zero-order chi connectivity index (χ0) is 25.8. The molecule has 36 heavy (non-hydrogen) atoms. The Bertz CT molecular complexity index is 1150. The van der Waals surface area contributed by atoms with Gasteiger partial charge >= 0.3 is 0 Å². The molecule has 12 heteroatoms. The van der Waals surface area contributed by atoms with Crippen LogP contribution in [0.3, 0.4) is 0 Å². The normalized spacial score (nSPS) is 19.4. The van der Waals surface area contributed by atoms with Crippen molar-refractivity contribution in [3.63, 3.8) is 0 Å². The number of piperidine rings is 1. The van der Waals surface area contributed by atoms with Gasteiger partial charge in [-0.2, -0.15) is 0 Å². The second-order valence-electron chi connectivity index (χ2n) is 9.27. The largest absolute Gasteiger partial charge is 0.356 e. The van der Waals surface area contributed by atoms with Crippen LogP contribution in [0.1, 0.15) is 44.2 Å². The number of nitrogens with one attached hydrogen (secondary N) is 2. The topological polar surface area (TPSA) is 151 Å². The number of hydrogen-bond donors (Lipinski definition) is 3. The number of hydrogen-bond acceptors (Lipinski definition) is 7. The Morgan fingerprint density at radius 1 is 1.17 bits per heavy atom. The molecule has 0 radical (unpaired) electrons. The Morgan fingerprint density at radius 3 is 2.64 bits per heavy atom. The van der Waals surface area contributed by atoms with Crippen LogP contribution < -0.4 is 16.4 Å². The van der Waals surface area contributed by atoms with Crippen molar-refractivity contribution in [2.24, 2.45) is 5.73 Å². The zero-order valence-electron chi connectivity index (χ0n) is 20.2. The number of rotatable bonds is 7. The number of aromatic nitrogens is 1. The van der Waals surface area contributed by atoms with E-state index in [0.29, 0.717) is 50.9 Å². The summed E-state index contributed by atoms with van der Waals surface area (Å²) in [5, 5.41) is 9.85. The minimum atomic E-state index is -0.836. The van der Waals surface area contributed by atoms with Gasteiger partial charge < -0.3 is 30.7 Å². The first kappa shape index (κ1) is 25.5. The van der Waals surface area contributed by atoms with Gasteiger partial charge in [-0.1, -0.05) is 5.16 Å². The van der Waals surface area contributed by atoms with Crippen LogP contribution in [0.15, 0.2) is 22.7 Å². The molecule has 11 nitrogen and oxygen atoms in total. The summed E-state index contributed by atoms with van der Waals surface area (Å²) in [6.45, 7) is 2.53. The number of benzene rings is 1. The van der Waals surface area contributed by atoms with Gasteiger partial charge in [0, 0.05) is 37.0 Å². The first-order valence-corrected chi connectivity index (χ1v) is 12.2. The second-order valence-corrected chi connectivity index (χ2v) is 9.27. The number of fused-ring (bicyclic) bond motifs is 1. The fraction of sp³-hybridized carbons (Fsp3) is 0.542. The molecule has 2 aromatic rings. The molecule has 1 aromatic heterocycles. The molecular weight excluding hydrogens is 471 g/mol. The maximum Gasteiger partial charge on any atom is 0.245 e. The molecule has 2 saturated heterocycles. The van der Waals surface area contributed by atoms with E-state index >= 15 is 0 Å². The zero-order valence-corrected chi connectivity index (χ0v) is 20.2. The van der Waals surface area contributed by atoms with E-state index in [0.717, 1.165) is 11.1 Å². The van der Waals surface area contributed by atoms with Crippen molar-refractivity contribution in [1.82, 2.24) is 25.6 Å².